The summed E-state index contributed by atoms with van der Waals surface area (Å²) in [5.41, 5.74) is 3.51. The van der Waals surface area contributed by atoms with Gasteiger partial charge in [-0.25, -0.2) is 17.8 Å². The first-order valence-electron chi connectivity index (χ1n) is 7.85. The Labute approximate surface area is 169 Å². The van der Waals surface area contributed by atoms with Crippen LogP contribution >= 0.6 is 31.9 Å². The van der Waals surface area contributed by atoms with Crippen molar-refractivity contribution in [2.75, 3.05) is 0 Å². The van der Waals surface area contributed by atoms with Gasteiger partial charge in [0.05, 0.1) is 16.3 Å². The molecule has 0 radical (unpaired) electrons. The van der Waals surface area contributed by atoms with Gasteiger partial charge in [0.15, 0.2) is 0 Å². The van der Waals surface area contributed by atoms with E-state index in [9.17, 15) is 8.42 Å². The van der Waals surface area contributed by atoms with Crippen molar-refractivity contribution in [3.05, 3.63) is 74.4 Å². The highest BCUT2D eigenvalue weighted by Gasteiger charge is 2.20. The van der Waals surface area contributed by atoms with Gasteiger partial charge in [0, 0.05) is 26.7 Å². The molecule has 0 saturated carbocycles. The third-order valence-electron chi connectivity index (χ3n) is 4.06. The number of benzene rings is 2. The molecule has 1 aromatic heterocycles. The first-order chi connectivity index (χ1) is 12.3. The molecule has 3 rings (SSSR count). The largest absolute Gasteiger partial charge is 0.242 e. The first kappa shape index (κ1) is 19.3. The van der Waals surface area contributed by atoms with Gasteiger partial charge in [0.1, 0.15) is 0 Å². The molecule has 2 aromatic carbocycles. The highest BCUT2D eigenvalue weighted by Crippen LogP contribution is 2.26. The lowest BCUT2D eigenvalue weighted by Crippen LogP contribution is -2.24. The number of hydrogen-bond donors (Lipinski definition) is 1. The number of hydrogen-bond acceptors (Lipinski definition) is 3. The molecular weight excluding hydrogens is 482 g/mol. The fourth-order valence-electron chi connectivity index (χ4n) is 2.68. The normalized spacial score (nSPS) is 11.7. The molecule has 0 aliphatic heterocycles. The van der Waals surface area contributed by atoms with Crippen molar-refractivity contribution in [3.8, 4) is 5.69 Å². The lowest BCUT2D eigenvalue weighted by Gasteiger charge is -2.10. The molecule has 1 N–H and O–H groups in total. The summed E-state index contributed by atoms with van der Waals surface area (Å²) in [5, 5.41) is 4.55. The van der Waals surface area contributed by atoms with Crippen LogP contribution in [0.25, 0.3) is 5.69 Å². The van der Waals surface area contributed by atoms with Crippen LogP contribution in [0.15, 0.2) is 62.4 Å². The van der Waals surface area contributed by atoms with Gasteiger partial charge < -0.3 is 0 Å². The second kappa shape index (κ2) is 7.64. The molecule has 0 saturated heterocycles. The molecule has 1 heterocycles. The molecule has 5 nitrogen and oxygen atoms in total. The average molecular weight is 499 g/mol. The molecule has 3 aromatic rings. The zero-order chi connectivity index (χ0) is 18.9. The van der Waals surface area contributed by atoms with E-state index in [1.807, 2.05) is 48.9 Å². The molecule has 0 aliphatic carbocycles. The molecule has 0 amide bonds. The van der Waals surface area contributed by atoms with E-state index in [2.05, 4.69) is 41.7 Å². The Morgan fingerprint density at radius 3 is 2.46 bits per heavy atom. The van der Waals surface area contributed by atoms with E-state index in [1.54, 1.807) is 18.2 Å². The van der Waals surface area contributed by atoms with E-state index >= 15 is 0 Å². The van der Waals surface area contributed by atoms with Crippen LogP contribution in [0.3, 0.4) is 0 Å². The lowest BCUT2D eigenvalue weighted by atomic mass is 10.2. The second-order valence-corrected chi connectivity index (χ2v) is 9.30. The number of nitrogens with zero attached hydrogens (tertiary/aromatic N) is 2. The zero-order valence-electron chi connectivity index (χ0n) is 14.2. The van der Waals surface area contributed by atoms with Crippen molar-refractivity contribution in [3.63, 3.8) is 0 Å². The summed E-state index contributed by atoms with van der Waals surface area (Å²) < 4.78 is 31.1. The van der Waals surface area contributed by atoms with Crippen molar-refractivity contribution < 1.29 is 8.42 Å². The van der Waals surface area contributed by atoms with Gasteiger partial charge in [-0.05, 0) is 60.1 Å². The van der Waals surface area contributed by atoms with Gasteiger partial charge >= 0.3 is 0 Å². The minimum atomic E-state index is -3.66. The number of para-hydroxylation sites is 1. The summed E-state index contributed by atoms with van der Waals surface area (Å²) in [5.74, 6) is 0. The third-order valence-corrected chi connectivity index (χ3v) is 6.95. The number of nitrogens with one attached hydrogen (secondary N) is 1. The van der Waals surface area contributed by atoms with Gasteiger partial charge in [0.25, 0.3) is 0 Å². The molecule has 8 heteroatoms. The van der Waals surface area contributed by atoms with E-state index in [-0.39, 0.29) is 11.4 Å². The predicted molar refractivity (Wildman–Crippen MR) is 109 cm³/mol. The molecule has 0 fully saturated rings. The average Bonchev–Trinajstić information content (AvgIpc) is 2.90. The Bertz CT molecular complexity index is 1050. The van der Waals surface area contributed by atoms with Gasteiger partial charge in [-0.2, -0.15) is 5.10 Å². The number of halogens is 2. The van der Waals surface area contributed by atoms with Crippen LogP contribution in [0.4, 0.5) is 0 Å². The molecule has 26 heavy (non-hydrogen) atoms. The van der Waals surface area contributed by atoms with Crippen molar-refractivity contribution in [2.24, 2.45) is 0 Å². The quantitative estimate of drug-likeness (QED) is 0.563. The summed E-state index contributed by atoms with van der Waals surface area (Å²) in [6.45, 7) is 3.99. The van der Waals surface area contributed by atoms with E-state index in [1.165, 1.54) is 0 Å². The smallest absolute Gasteiger partial charge is 0.238 e. The van der Waals surface area contributed by atoms with E-state index < -0.39 is 10.0 Å². The van der Waals surface area contributed by atoms with E-state index in [0.717, 1.165) is 22.6 Å². The van der Waals surface area contributed by atoms with Crippen LogP contribution in [-0.2, 0) is 16.6 Å². The lowest BCUT2D eigenvalue weighted by molar-refractivity contribution is 0.580. The second-order valence-electron chi connectivity index (χ2n) is 5.80. The van der Waals surface area contributed by atoms with Crippen molar-refractivity contribution in [1.82, 2.24) is 14.5 Å². The maximum absolute atomic E-state index is 12.7. The minimum absolute atomic E-state index is 0.172. The Kier molecular flexibility index (Phi) is 5.67. The Hall–Kier alpha value is -1.48. The predicted octanol–water partition coefficient (Wildman–Crippen LogP) is 4.49. The monoisotopic (exact) mass is 497 g/mol. The van der Waals surface area contributed by atoms with Crippen LogP contribution in [0.5, 0.6) is 0 Å². The number of aromatic nitrogens is 2. The fourth-order valence-corrected chi connectivity index (χ4v) is 5.17. The standard InChI is InChI=1S/C18H17Br2N3O2S/c1-12-16(13(2)23(22-12)15-6-4-3-5-7-15)11-21-26(24,25)18-10-14(19)8-9-17(18)20/h3-10,21H,11H2,1-2H3. The Balaban J connectivity index is 1.88. The summed E-state index contributed by atoms with van der Waals surface area (Å²) in [6.07, 6.45) is 0. The maximum Gasteiger partial charge on any atom is 0.242 e. The summed E-state index contributed by atoms with van der Waals surface area (Å²) >= 11 is 6.61. The molecule has 0 atom stereocenters. The maximum atomic E-state index is 12.7. The Morgan fingerprint density at radius 1 is 1.08 bits per heavy atom. The molecule has 0 spiro atoms. The van der Waals surface area contributed by atoms with Gasteiger partial charge in [-0.15, -0.1) is 0 Å². The van der Waals surface area contributed by atoms with Crippen molar-refractivity contribution in [2.45, 2.75) is 25.3 Å². The van der Waals surface area contributed by atoms with Crippen LogP contribution in [0.2, 0.25) is 0 Å². The minimum Gasteiger partial charge on any atom is -0.238 e. The van der Waals surface area contributed by atoms with Gasteiger partial charge in [-0.3, -0.25) is 0 Å². The number of aryl methyl sites for hydroxylation is 1. The fraction of sp³-hybridized carbons (Fsp3) is 0.167. The zero-order valence-corrected chi connectivity index (χ0v) is 18.2. The first-order valence-corrected chi connectivity index (χ1v) is 10.9. The van der Waals surface area contributed by atoms with Crippen LogP contribution < -0.4 is 4.72 Å². The molecule has 136 valence electrons. The summed E-state index contributed by atoms with van der Waals surface area (Å²) in [7, 11) is -3.66. The van der Waals surface area contributed by atoms with Gasteiger partial charge in [0.2, 0.25) is 10.0 Å². The third kappa shape index (κ3) is 3.93. The molecule has 0 aliphatic rings. The molecular formula is C18H17Br2N3O2S. The highest BCUT2D eigenvalue weighted by atomic mass is 79.9. The molecule has 0 bridgehead atoms. The van der Waals surface area contributed by atoms with Crippen molar-refractivity contribution in [1.29, 1.82) is 0 Å². The number of rotatable bonds is 5. The summed E-state index contributed by atoms with van der Waals surface area (Å²) in [6, 6.07) is 14.8. The molecule has 0 unspecified atom stereocenters. The van der Waals surface area contributed by atoms with Crippen LogP contribution in [0.1, 0.15) is 17.0 Å². The SMILES string of the molecule is Cc1nn(-c2ccccc2)c(C)c1CNS(=O)(=O)c1cc(Br)ccc1Br. The summed E-state index contributed by atoms with van der Waals surface area (Å²) in [4.78, 5) is 0.192. The van der Waals surface area contributed by atoms with Gasteiger partial charge in [-0.1, -0.05) is 34.1 Å². The Morgan fingerprint density at radius 2 is 1.77 bits per heavy atom. The van der Waals surface area contributed by atoms with Crippen LogP contribution in [-0.4, -0.2) is 18.2 Å². The van der Waals surface area contributed by atoms with Crippen molar-refractivity contribution >= 4 is 41.9 Å². The number of sulfonamides is 1. The van der Waals surface area contributed by atoms with E-state index in [4.69, 9.17) is 0 Å². The van der Waals surface area contributed by atoms with Crippen LogP contribution in [0, 0.1) is 13.8 Å². The van der Waals surface area contributed by atoms with E-state index in [0.29, 0.717) is 8.95 Å². The highest BCUT2D eigenvalue weighted by molar-refractivity contribution is 9.11. The topological polar surface area (TPSA) is 64.0 Å².